The highest BCUT2D eigenvalue weighted by Gasteiger charge is 2.20. The van der Waals surface area contributed by atoms with Crippen LogP contribution in [-0.4, -0.2) is 28.0 Å². The van der Waals surface area contributed by atoms with Crippen LogP contribution < -0.4 is 14.2 Å². The number of alkyl halides is 2. The van der Waals surface area contributed by atoms with Crippen LogP contribution in [0.15, 0.2) is 51.8 Å². The van der Waals surface area contributed by atoms with Gasteiger partial charge in [-0.1, -0.05) is 15.9 Å². The van der Waals surface area contributed by atoms with Gasteiger partial charge in [0.05, 0.1) is 12.0 Å². The number of carbonyl (C=O) groups excluding carboxylic acids is 1. The molecule has 0 bridgehead atoms. The predicted molar refractivity (Wildman–Crippen MR) is 88.4 cm³/mol. The fourth-order valence-electron chi connectivity index (χ4n) is 1.86. The van der Waals surface area contributed by atoms with Crippen LogP contribution in [0.5, 0.6) is 11.5 Å². The normalized spacial score (nSPS) is 11.2. The first-order valence-electron chi connectivity index (χ1n) is 6.68. The molecule has 25 heavy (non-hydrogen) atoms. The quantitative estimate of drug-likeness (QED) is 0.753. The highest BCUT2D eigenvalue weighted by atomic mass is 79.9. The zero-order valence-electron chi connectivity index (χ0n) is 12.7. The average molecular weight is 436 g/mol. The van der Waals surface area contributed by atoms with E-state index in [0.717, 1.165) is 18.2 Å². The Morgan fingerprint density at radius 1 is 1.12 bits per heavy atom. The van der Waals surface area contributed by atoms with Crippen molar-refractivity contribution in [2.75, 3.05) is 7.11 Å². The van der Waals surface area contributed by atoms with Gasteiger partial charge in [0.25, 0.3) is 15.9 Å². The molecule has 134 valence electrons. The van der Waals surface area contributed by atoms with E-state index in [4.69, 9.17) is 4.74 Å². The first-order valence-corrected chi connectivity index (χ1v) is 8.96. The van der Waals surface area contributed by atoms with E-state index >= 15 is 0 Å². The molecule has 2 rings (SSSR count). The second-order valence-corrected chi connectivity index (χ2v) is 7.23. The van der Waals surface area contributed by atoms with E-state index in [1.54, 1.807) is 0 Å². The van der Waals surface area contributed by atoms with Crippen LogP contribution in [-0.2, 0) is 10.0 Å². The van der Waals surface area contributed by atoms with Crippen LogP contribution in [0.4, 0.5) is 8.78 Å². The summed E-state index contributed by atoms with van der Waals surface area (Å²) in [5, 5.41) is 0. The van der Waals surface area contributed by atoms with Crippen LogP contribution in [0.3, 0.4) is 0 Å². The highest BCUT2D eigenvalue weighted by Crippen LogP contribution is 2.29. The van der Waals surface area contributed by atoms with E-state index < -0.39 is 22.5 Å². The minimum Gasteiger partial charge on any atom is -0.493 e. The number of nitrogens with one attached hydrogen (secondary N) is 1. The lowest BCUT2D eigenvalue weighted by Gasteiger charge is -2.12. The Balaban J connectivity index is 2.24. The van der Waals surface area contributed by atoms with Crippen molar-refractivity contribution >= 4 is 31.9 Å². The minimum atomic E-state index is -4.09. The molecular formula is C15H12BrF2NO5S. The molecule has 0 aliphatic rings. The number of methoxy groups -OCH3 is 1. The summed E-state index contributed by atoms with van der Waals surface area (Å²) in [6.45, 7) is -3.06. The molecule has 6 nitrogen and oxygen atoms in total. The number of carbonyl (C=O) groups is 1. The van der Waals surface area contributed by atoms with Crippen LogP contribution >= 0.6 is 15.9 Å². The third-order valence-corrected chi connectivity index (χ3v) is 4.87. The van der Waals surface area contributed by atoms with Crippen molar-refractivity contribution in [1.82, 2.24) is 4.72 Å². The summed E-state index contributed by atoms with van der Waals surface area (Å²) in [4.78, 5) is 12.1. The molecule has 0 aromatic heterocycles. The maximum absolute atomic E-state index is 12.3. The SMILES string of the molecule is COc1cc(C(=O)NS(=O)(=O)c2ccc(Br)cc2)ccc1OC(F)F. The first kappa shape index (κ1) is 19.1. The van der Waals surface area contributed by atoms with E-state index in [-0.39, 0.29) is 22.0 Å². The number of rotatable bonds is 6. The maximum Gasteiger partial charge on any atom is 0.387 e. The fourth-order valence-corrected chi connectivity index (χ4v) is 3.09. The van der Waals surface area contributed by atoms with E-state index in [0.29, 0.717) is 4.47 Å². The van der Waals surface area contributed by atoms with Gasteiger partial charge in [0.15, 0.2) is 11.5 Å². The summed E-state index contributed by atoms with van der Waals surface area (Å²) in [6, 6.07) is 9.00. The molecule has 0 atom stereocenters. The molecule has 0 unspecified atom stereocenters. The van der Waals surface area contributed by atoms with E-state index in [9.17, 15) is 22.0 Å². The molecule has 1 N–H and O–H groups in total. The van der Waals surface area contributed by atoms with E-state index in [1.807, 2.05) is 4.72 Å². The molecular weight excluding hydrogens is 424 g/mol. The Morgan fingerprint density at radius 2 is 1.76 bits per heavy atom. The molecule has 0 heterocycles. The number of hydrogen-bond acceptors (Lipinski definition) is 5. The maximum atomic E-state index is 12.3. The molecule has 10 heteroatoms. The van der Waals surface area contributed by atoms with E-state index in [1.165, 1.54) is 31.4 Å². The van der Waals surface area contributed by atoms with Gasteiger partial charge in [0.1, 0.15) is 0 Å². The third-order valence-electron chi connectivity index (χ3n) is 2.99. The third kappa shape index (κ3) is 4.89. The lowest BCUT2D eigenvalue weighted by Crippen LogP contribution is -2.30. The monoisotopic (exact) mass is 435 g/mol. The Morgan fingerprint density at radius 3 is 2.32 bits per heavy atom. The summed E-state index contributed by atoms with van der Waals surface area (Å²) < 4.78 is 60.7. The van der Waals surface area contributed by atoms with E-state index in [2.05, 4.69) is 20.7 Å². The molecule has 0 fully saturated rings. The van der Waals surface area contributed by atoms with Gasteiger partial charge in [-0.25, -0.2) is 13.1 Å². The summed E-state index contributed by atoms with van der Waals surface area (Å²) in [5.74, 6) is -1.34. The van der Waals surface area contributed by atoms with Crippen LogP contribution in [0.25, 0.3) is 0 Å². The van der Waals surface area contributed by atoms with Crippen LogP contribution in [0.2, 0.25) is 0 Å². The molecule has 0 spiro atoms. The standard InChI is InChI=1S/C15H12BrF2NO5S/c1-23-13-8-9(2-7-12(13)24-15(17)18)14(20)19-25(21,22)11-5-3-10(16)4-6-11/h2-8,15H,1H3,(H,19,20). The summed E-state index contributed by atoms with van der Waals surface area (Å²) in [6.07, 6.45) is 0. The van der Waals surface area contributed by atoms with Gasteiger partial charge in [0, 0.05) is 10.0 Å². The number of amides is 1. The Bertz CT molecular complexity index is 872. The minimum absolute atomic E-state index is 0.0980. The van der Waals surface area contributed by atoms with Crippen molar-refractivity contribution in [2.45, 2.75) is 11.5 Å². The number of hydrogen-bond donors (Lipinski definition) is 1. The Kier molecular flexibility index (Phi) is 5.96. The highest BCUT2D eigenvalue weighted by molar-refractivity contribution is 9.10. The molecule has 2 aromatic rings. The summed E-state index contributed by atoms with van der Waals surface area (Å²) in [5.41, 5.74) is -0.0980. The Hall–Kier alpha value is -2.20. The lowest BCUT2D eigenvalue weighted by atomic mass is 10.2. The number of halogens is 3. The molecule has 0 saturated carbocycles. The van der Waals surface area contributed by atoms with Crippen molar-refractivity contribution in [3.8, 4) is 11.5 Å². The summed E-state index contributed by atoms with van der Waals surface area (Å²) in [7, 11) is -2.88. The number of benzene rings is 2. The van der Waals surface area contributed by atoms with Crippen molar-refractivity contribution in [1.29, 1.82) is 0 Å². The van der Waals surface area contributed by atoms with Crippen molar-refractivity contribution in [2.24, 2.45) is 0 Å². The van der Waals surface area contributed by atoms with Gasteiger partial charge in [-0.15, -0.1) is 0 Å². The van der Waals surface area contributed by atoms with Gasteiger partial charge >= 0.3 is 6.61 Å². The average Bonchev–Trinajstić information content (AvgIpc) is 2.54. The van der Waals surface area contributed by atoms with Crippen molar-refractivity contribution in [3.63, 3.8) is 0 Å². The molecule has 1 amide bonds. The smallest absolute Gasteiger partial charge is 0.387 e. The zero-order valence-corrected chi connectivity index (χ0v) is 15.1. The number of ether oxygens (including phenoxy) is 2. The van der Waals surface area contributed by atoms with Gasteiger partial charge in [-0.3, -0.25) is 4.79 Å². The lowest BCUT2D eigenvalue weighted by molar-refractivity contribution is -0.0512. The van der Waals surface area contributed by atoms with Gasteiger partial charge in [-0.05, 0) is 42.5 Å². The fraction of sp³-hybridized carbons (Fsp3) is 0.133. The topological polar surface area (TPSA) is 81.7 Å². The molecule has 0 aliphatic heterocycles. The molecule has 0 saturated heterocycles. The first-order chi connectivity index (χ1) is 11.7. The second kappa shape index (κ2) is 7.79. The van der Waals surface area contributed by atoms with Crippen LogP contribution in [0.1, 0.15) is 10.4 Å². The van der Waals surface area contributed by atoms with Crippen molar-refractivity contribution < 1.29 is 31.5 Å². The number of sulfonamides is 1. The molecule has 2 aromatic carbocycles. The van der Waals surface area contributed by atoms with Gasteiger partial charge in [0.2, 0.25) is 0 Å². The Labute approximate surface area is 150 Å². The van der Waals surface area contributed by atoms with Gasteiger partial charge < -0.3 is 9.47 Å². The van der Waals surface area contributed by atoms with Gasteiger partial charge in [-0.2, -0.15) is 8.78 Å². The molecule has 0 radical (unpaired) electrons. The second-order valence-electron chi connectivity index (χ2n) is 4.63. The van der Waals surface area contributed by atoms with Crippen LogP contribution in [0, 0.1) is 0 Å². The molecule has 0 aliphatic carbocycles. The van der Waals surface area contributed by atoms with Crippen molar-refractivity contribution in [3.05, 3.63) is 52.5 Å². The largest absolute Gasteiger partial charge is 0.493 e. The predicted octanol–water partition coefficient (Wildman–Crippen LogP) is 3.18. The summed E-state index contributed by atoms with van der Waals surface area (Å²) >= 11 is 3.18. The zero-order chi connectivity index (χ0) is 18.6.